The van der Waals surface area contributed by atoms with E-state index in [0.29, 0.717) is 50.0 Å². The van der Waals surface area contributed by atoms with Crippen LogP contribution in [0.2, 0.25) is 0 Å². The Balaban J connectivity index is 1.67. The summed E-state index contributed by atoms with van der Waals surface area (Å²) < 4.78 is 26.8. The molecule has 234 valence electrons. The summed E-state index contributed by atoms with van der Waals surface area (Å²) in [6.45, 7) is 7.89. The number of benzene rings is 3. The second kappa shape index (κ2) is 14.2. The highest BCUT2D eigenvalue weighted by atomic mass is 79.9. The average Bonchev–Trinajstić information content (AvgIpc) is 3.30. The zero-order valence-corrected chi connectivity index (χ0v) is 29.4. The fourth-order valence-electron chi connectivity index (χ4n) is 5.02. The number of esters is 1. The number of nitrogens with zero attached hydrogens (tertiary/aromatic N) is 2. The quantitative estimate of drug-likeness (QED) is 0.168. The summed E-state index contributed by atoms with van der Waals surface area (Å²) >= 11 is 8.44. The molecule has 5 rings (SSSR count). The van der Waals surface area contributed by atoms with Gasteiger partial charge in [-0.25, -0.2) is 9.79 Å². The van der Waals surface area contributed by atoms with E-state index in [9.17, 15) is 9.59 Å². The van der Waals surface area contributed by atoms with E-state index in [2.05, 4.69) is 31.9 Å². The van der Waals surface area contributed by atoms with E-state index in [1.54, 1.807) is 43.7 Å². The van der Waals surface area contributed by atoms with E-state index < -0.39 is 12.0 Å². The molecule has 0 spiro atoms. The molecule has 0 aliphatic carbocycles. The molecule has 0 amide bonds. The van der Waals surface area contributed by atoms with Crippen molar-refractivity contribution in [3.8, 4) is 17.2 Å². The van der Waals surface area contributed by atoms with Crippen LogP contribution in [0.4, 0.5) is 0 Å². The smallest absolute Gasteiger partial charge is 0.338 e. The van der Waals surface area contributed by atoms with Crippen molar-refractivity contribution in [1.29, 1.82) is 0 Å². The van der Waals surface area contributed by atoms with E-state index in [1.165, 1.54) is 11.3 Å². The van der Waals surface area contributed by atoms with Gasteiger partial charge in [-0.1, -0.05) is 63.7 Å². The Morgan fingerprint density at radius 3 is 2.53 bits per heavy atom. The van der Waals surface area contributed by atoms with Crippen molar-refractivity contribution >= 4 is 55.2 Å². The molecule has 0 bridgehead atoms. The first-order valence-electron chi connectivity index (χ1n) is 14.3. The van der Waals surface area contributed by atoms with Crippen LogP contribution in [-0.2, 0) is 16.1 Å². The molecule has 1 atom stereocenters. The Labute approximate surface area is 281 Å². The van der Waals surface area contributed by atoms with Crippen LogP contribution < -0.4 is 29.1 Å². The van der Waals surface area contributed by atoms with Crippen LogP contribution in [0.3, 0.4) is 0 Å². The summed E-state index contributed by atoms with van der Waals surface area (Å²) in [5, 5.41) is 0. The van der Waals surface area contributed by atoms with Gasteiger partial charge in [0, 0.05) is 10.0 Å². The molecular formula is C34H32Br2N2O6S. The Hall–Kier alpha value is -3.67. The highest BCUT2D eigenvalue weighted by Gasteiger charge is 2.34. The third-order valence-electron chi connectivity index (χ3n) is 6.93. The predicted octanol–water partition coefficient (Wildman–Crippen LogP) is 6.70. The van der Waals surface area contributed by atoms with Crippen LogP contribution in [0.25, 0.3) is 6.08 Å². The standard InChI is InChI=1S/C34H32Br2N2O6S/c1-6-42-33(40)29-20(4)37-34-38(30(29)22-12-13-26(44-19(2)3)27(15-22)41-5)32(39)28(45-34)16-23-14-24(35)17-25(36)31(23)43-18-21-10-8-7-9-11-21/h7-17,19,30H,6,18H2,1-5H3/b28-16+/t30-/m1/s1. The Kier molecular flexibility index (Phi) is 10.3. The number of methoxy groups -OCH3 is 1. The first kappa shape index (κ1) is 32.7. The van der Waals surface area contributed by atoms with Crippen LogP contribution in [0.15, 0.2) is 90.7 Å². The molecule has 0 unspecified atom stereocenters. The van der Waals surface area contributed by atoms with Crippen molar-refractivity contribution in [3.05, 3.63) is 117 Å². The summed E-state index contributed by atoms with van der Waals surface area (Å²) in [4.78, 5) is 32.8. The fourth-order valence-corrected chi connectivity index (χ4v) is 7.43. The topological polar surface area (TPSA) is 88.4 Å². The zero-order valence-electron chi connectivity index (χ0n) is 25.4. The lowest BCUT2D eigenvalue weighted by Gasteiger charge is -2.25. The Bertz CT molecular complexity index is 1950. The van der Waals surface area contributed by atoms with Gasteiger partial charge >= 0.3 is 5.97 Å². The third-order valence-corrected chi connectivity index (χ3v) is 8.96. The summed E-state index contributed by atoms with van der Waals surface area (Å²) in [5.41, 5.74) is 2.83. The maximum absolute atomic E-state index is 14.2. The summed E-state index contributed by atoms with van der Waals surface area (Å²) in [6, 6.07) is 18.3. The van der Waals surface area contributed by atoms with Crippen LogP contribution in [-0.4, -0.2) is 30.4 Å². The van der Waals surface area contributed by atoms with Gasteiger partial charge < -0.3 is 18.9 Å². The number of halogens is 2. The number of aromatic nitrogens is 1. The summed E-state index contributed by atoms with van der Waals surface area (Å²) in [6.07, 6.45) is 1.72. The van der Waals surface area contributed by atoms with E-state index in [1.807, 2.05) is 62.4 Å². The van der Waals surface area contributed by atoms with Crippen molar-refractivity contribution in [2.24, 2.45) is 4.99 Å². The number of ether oxygens (including phenoxy) is 4. The number of rotatable bonds is 10. The van der Waals surface area contributed by atoms with Gasteiger partial charge in [0.1, 0.15) is 12.4 Å². The normalized spacial score (nSPS) is 14.7. The van der Waals surface area contributed by atoms with Crippen LogP contribution in [0.5, 0.6) is 17.2 Å². The molecule has 8 nitrogen and oxygen atoms in total. The number of allylic oxidation sites excluding steroid dienone is 1. The Morgan fingerprint density at radius 2 is 1.84 bits per heavy atom. The maximum atomic E-state index is 14.2. The highest BCUT2D eigenvalue weighted by molar-refractivity contribution is 9.11. The molecule has 1 aliphatic rings. The first-order chi connectivity index (χ1) is 21.6. The van der Waals surface area contributed by atoms with Crippen molar-refractivity contribution in [2.75, 3.05) is 13.7 Å². The number of carbonyl (C=O) groups excluding carboxylic acids is 1. The third kappa shape index (κ3) is 7.10. The lowest BCUT2D eigenvalue weighted by atomic mass is 9.95. The zero-order chi connectivity index (χ0) is 32.2. The highest BCUT2D eigenvalue weighted by Crippen LogP contribution is 2.37. The molecule has 0 N–H and O–H groups in total. The van der Waals surface area contributed by atoms with Gasteiger partial charge in [0.2, 0.25) is 0 Å². The van der Waals surface area contributed by atoms with Crippen LogP contribution >= 0.6 is 43.2 Å². The second-order valence-electron chi connectivity index (χ2n) is 10.5. The van der Waals surface area contributed by atoms with Crippen molar-refractivity contribution in [2.45, 2.75) is 46.4 Å². The minimum atomic E-state index is -0.799. The predicted molar refractivity (Wildman–Crippen MR) is 182 cm³/mol. The van der Waals surface area contributed by atoms with Gasteiger partial charge in [-0.05, 0) is 85.1 Å². The molecule has 3 aromatic carbocycles. The summed E-state index contributed by atoms with van der Waals surface area (Å²) in [5.74, 6) is 1.11. The minimum Gasteiger partial charge on any atom is -0.493 e. The molecule has 0 saturated carbocycles. The van der Waals surface area contributed by atoms with Gasteiger partial charge in [-0.3, -0.25) is 9.36 Å². The van der Waals surface area contributed by atoms with Gasteiger partial charge in [-0.2, -0.15) is 0 Å². The number of hydrogen-bond donors (Lipinski definition) is 0. The minimum absolute atomic E-state index is 0.0701. The largest absolute Gasteiger partial charge is 0.493 e. The Morgan fingerprint density at radius 1 is 1.09 bits per heavy atom. The van der Waals surface area contributed by atoms with E-state index in [-0.39, 0.29) is 23.8 Å². The molecule has 0 saturated heterocycles. The van der Waals surface area contributed by atoms with Crippen molar-refractivity contribution in [1.82, 2.24) is 4.57 Å². The maximum Gasteiger partial charge on any atom is 0.338 e. The molecule has 0 radical (unpaired) electrons. The number of fused-ring (bicyclic) bond motifs is 1. The van der Waals surface area contributed by atoms with Gasteiger partial charge in [0.25, 0.3) is 5.56 Å². The average molecular weight is 757 g/mol. The van der Waals surface area contributed by atoms with E-state index in [0.717, 1.165) is 14.5 Å². The first-order valence-corrected chi connectivity index (χ1v) is 16.7. The molecule has 0 fully saturated rings. The van der Waals surface area contributed by atoms with Crippen LogP contribution in [0.1, 0.15) is 50.4 Å². The molecule has 11 heteroatoms. The fraction of sp³-hybridized carbons (Fsp3) is 0.265. The number of carbonyl (C=O) groups is 1. The lowest BCUT2D eigenvalue weighted by Crippen LogP contribution is -2.40. The number of hydrogen-bond acceptors (Lipinski definition) is 8. The monoisotopic (exact) mass is 754 g/mol. The number of thiazole rings is 1. The van der Waals surface area contributed by atoms with Gasteiger partial charge in [-0.15, -0.1) is 0 Å². The lowest BCUT2D eigenvalue weighted by molar-refractivity contribution is -0.139. The SMILES string of the molecule is CCOC(=O)C1=C(C)N=c2s/c(=C/c3cc(Br)cc(Br)c3OCc3ccccc3)c(=O)n2[C@@H]1c1ccc(OC(C)C)c(OC)c1. The molecular weight excluding hydrogens is 724 g/mol. The molecule has 2 heterocycles. The van der Waals surface area contributed by atoms with Crippen molar-refractivity contribution < 1.29 is 23.7 Å². The van der Waals surface area contributed by atoms with E-state index in [4.69, 9.17) is 23.9 Å². The van der Waals surface area contributed by atoms with E-state index >= 15 is 0 Å². The molecule has 45 heavy (non-hydrogen) atoms. The summed E-state index contributed by atoms with van der Waals surface area (Å²) in [7, 11) is 1.55. The van der Waals surface area contributed by atoms with Crippen molar-refractivity contribution in [3.63, 3.8) is 0 Å². The van der Waals surface area contributed by atoms with Gasteiger partial charge in [0.15, 0.2) is 16.3 Å². The molecule has 1 aromatic heterocycles. The molecule has 4 aromatic rings. The second-order valence-corrected chi connectivity index (χ2v) is 13.2. The van der Waals surface area contributed by atoms with Crippen LogP contribution in [0, 0.1) is 0 Å². The molecule has 1 aliphatic heterocycles. The van der Waals surface area contributed by atoms with Gasteiger partial charge in [0.05, 0.1) is 46.1 Å².